The van der Waals surface area contributed by atoms with Gasteiger partial charge in [0.2, 0.25) is 0 Å². The minimum Gasteiger partial charge on any atom is -0.456 e. The lowest BCUT2D eigenvalue weighted by molar-refractivity contribution is -0.146. The Labute approximate surface area is 101 Å². The highest BCUT2D eigenvalue weighted by Crippen LogP contribution is 2.36. The van der Waals surface area contributed by atoms with Crippen LogP contribution in [-0.4, -0.2) is 11.0 Å². The number of esters is 1. The zero-order valence-electron chi connectivity index (χ0n) is 8.09. The fraction of sp³-hybridized carbons (Fsp3) is 0.400. The number of aromatic nitrogens is 1. The molecule has 1 aliphatic carbocycles. The maximum atomic E-state index is 10.9. The SMILES string of the molecule is CC(=O)OC1CCc2cc(Br)c(Cl)nc21. The van der Waals surface area contributed by atoms with Crippen LogP contribution in [0.3, 0.4) is 0 Å². The van der Waals surface area contributed by atoms with Crippen molar-refractivity contribution < 1.29 is 9.53 Å². The number of aryl methyl sites for hydroxylation is 1. The molecule has 0 aromatic carbocycles. The molecule has 0 saturated carbocycles. The summed E-state index contributed by atoms with van der Waals surface area (Å²) in [7, 11) is 0. The van der Waals surface area contributed by atoms with Crippen LogP contribution in [0.4, 0.5) is 0 Å². The predicted molar refractivity (Wildman–Crippen MR) is 59.8 cm³/mol. The van der Waals surface area contributed by atoms with Gasteiger partial charge in [-0.05, 0) is 40.4 Å². The fourth-order valence-electron chi connectivity index (χ4n) is 1.73. The average Bonchev–Trinajstić information content (AvgIpc) is 2.49. The molecular formula is C10H9BrClNO2. The van der Waals surface area contributed by atoms with E-state index in [4.69, 9.17) is 16.3 Å². The first-order valence-electron chi connectivity index (χ1n) is 4.60. The van der Waals surface area contributed by atoms with Crippen LogP contribution in [0.5, 0.6) is 0 Å². The monoisotopic (exact) mass is 289 g/mol. The van der Waals surface area contributed by atoms with Gasteiger partial charge in [-0.15, -0.1) is 0 Å². The molecule has 0 N–H and O–H groups in total. The van der Waals surface area contributed by atoms with Gasteiger partial charge in [-0.1, -0.05) is 11.6 Å². The van der Waals surface area contributed by atoms with Crippen molar-refractivity contribution in [3.63, 3.8) is 0 Å². The van der Waals surface area contributed by atoms with Crippen LogP contribution in [-0.2, 0) is 16.0 Å². The molecule has 1 aromatic rings. The summed E-state index contributed by atoms with van der Waals surface area (Å²) in [4.78, 5) is 15.1. The van der Waals surface area contributed by atoms with Crippen molar-refractivity contribution in [2.45, 2.75) is 25.9 Å². The highest BCUT2D eigenvalue weighted by molar-refractivity contribution is 9.10. The number of halogens is 2. The zero-order valence-corrected chi connectivity index (χ0v) is 10.4. The maximum absolute atomic E-state index is 10.9. The van der Waals surface area contributed by atoms with Crippen molar-refractivity contribution >= 4 is 33.5 Å². The molecule has 0 spiro atoms. The van der Waals surface area contributed by atoms with Crippen LogP contribution in [0.25, 0.3) is 0 Å². The van der Waals surface area contributed by atoms with Crippen molar-refractivity contribution in [2.24, 2.45) is 0 Å². The Kier molecular flexibility index (Phi) is 2.98. The van der Waals surface area contributed by atoms with Crippen molar-refractivity contribution in [1.29, 1.82) is 0 Å². The summed E-state index contributed by atoms with van der Waals surface area (Å²) in [6, 6.07) is 1.94. The van der Waals surface area contributed by atoms with Crippen LogP contribution >= 0.6 is 27.5 Å². The highest BCUT2D eigenvalue weighted by atomic mass is 79.9. The van der Waals surface area contributed by atoms with Gasteiger partial charge in [0.1, 0.15) is 11.3 Å². The summed E-state index contributed by atoms with van der Waals surface area (Å²) in [5, 5.41) is 0.410. The van der Waals surface area contributed by atoms with E-state index in [2.05, 4.69) is 20.9 Å². The Hall–Kier alpha value is -0.610. The first kappa shape index (κ1) is 10.9. The number of hydrogen-bond acceptors (Lipinski definition) is 3. The van der Waals surface area contributed by atoms with E-state index in [1.807, 2.05) is 6.07 Å². The van der Waals surface area contributed by atoms with Crippen molar-refractivity contribution in [2.75, 3.05) is 0 Å². The van der Waals surface area contributed by atoms with Gasteiger partial charge >= 0.3 is 5.97 Å². The van der Waals surface area contributed by atoms with Crippen LogP contribution in [0, 0.1) is 0 Å². The van der Waals surface area contributed by atoms with E-state index < -0.39 is 0 Å². The second kappa shape index (κ2) is 4.10. The van der Waals surface area contributed by atoms with E-state index in [-0.39, 0.29) is 12.1 Å². The van der Waals surface area contributed by atoms with Crippen LogP contribution in [0.1, 0.15) is 30.7 Å². The Bertz CT molecular complexity index is 422. The van der Waals surface area contributed by atoms with E-state index in [0.29, 0.717) is 5.15 Å². The predicted octanol–water partition coefficient (Wildman–Crippen LogP) is 3.05. The van der Waals surface area contributed by atoms with Gasteiger partial charge in [0.05, 0.1) is 10.2 Å². The molecule has 3 nitrogen and oxygen atoms in total. The van der Waals surface area contributed by atoms with Gasteiger partial charge in [-0.2, -0.15) is 0 Å². The summed E-state index contributed by atoms with van der Waals surface area (Å²) in [6.07, 6.45) is 1.42. The number of fused-ring (bicyclic) bond motifs is 1. The molecule has 15 heavy (non-hydrogen) atoms. The minimum atomic E-state index is -0.284. The number of carbonyl (C=O) groups is 1. The molecule has 0 fully saturated rings. The molecular weight excluding hydrogens is 281 g/mol. The van der Waals surface area contributed by atoms with Crippen LogP contribution in [0.15, 0.2) is 10.5 Å². The molecule has 0 aliphatic heterocycles. The minimum absolute atomic E-state index is 0.233. The van der Waals surface area contributed by atoms with Crippen LogP contribution in [0.2, 0.25) is 5.15 Å². The van der Waals surface area contributed by atoms with E-state index in [0.717, 1.165) is 28.6 Å². The van der Waals surface area contributed by atoms with Gasteiger partial charge < -0.3 is 4.74 Å². The molecule has 1 atom stereocenters. The highest BCUT2D eigenvalue weighted by Gasteiger charge is 2.27. The number of rotatable bonds is 1. The van der Waals surface area contributed by atoms with Gasteiger partial charge in [0, 0.05) is 6.92 Å². The first-order valence-corrected chi connectivity index (χ1v) is 5.77. The third-order valence-electron chi connectivity index (χ3n) is 2.33. The van der Waals surface area contributed by atoms with Gasteiger partial charge in [-0.3, -0.25) is 4.79 Å². The van der Waals surface area contributed by atoms with Gasteiger partial charge in [0.25, 0.3) is 0 Å². The fourth-order valence-corrected chi connectivity index (χ4v) is 2.25. The molecule has 0 bridgehead atoms. The molecule has 0 amide bonds. The Morgan fingerprint density at radius 2 is 2.47 bits per heavy atom. The lowest BCUT2D eigenvalue weighted by atomic mass is 10.2. The number of nitrogens with zero attached hydrogens (tertiary/aromatic N) is 1. The molecule has 1 aromatic heterocycles. The first-order chi connectivity index (χ1) is 7.08. The summed E-state index contributed by atoms with van der Waals surface area (Å²) in [5.74, 6) is -0.284. The molecule has 0 saturated heterocycles. The average molecular weight is 291 g/mol. The van der Waals surface area contributed by atoms with Crippen molar-refractivity contribution in [3.05, 3.63) is 26.9 Å². The Morgan fingerprint density at radius 3 is 3.13 bits per heavy atom. The van der Waals surface area contributed by atoms with E-state index >= 15 is 0 Å². The number of pyridine rings is 1. The lowest BCUT2D eigenvalue weighted by Gasteiger charge is -2.11. The summed E-state index contributed by atoms with van der Waals surface area (Å²) in [5.41, 5.74) is 1.89. The lowest BCUT2D eigenvalue weighted by Crippen LogP contribution is -2.06. The largest absolute Gasteiger partial charge is 0.456 e. The van der Waals surface area contributed by atoms with E-state index in [1.165, 1.54) is 6.92 Å². The molecule has 0 radical (unpaired) electrons. The smallest absolute Gasteiger partial charge is 0.303 e. The molecule has 2 rings (SSSR count). The van der Waals surface area contributed by atoms with Crippen molar-refractivity contribution in [1.82, 2.24) is 4.98 Å². The van der Waals surface area contributed by atoms with Gasteiger partial charge in [-0.25, -0.2) is 4.98 Å². The number of ether oxygens (including phenoxy) is 1. The van der Waals surface area contributed by atoms with E-state index in [9.17, 15) is 4.79 Å². The number of carbonyl (C=O) groups excluding carboxylic acids is 1. The number of hydrogen-bond donors (Lipinski definition) is 0. The molecule has 1 unspecified atom stereocenters. The van der Waals surface area contributed by atoms with Crippen molar-refractivity contribution in [3.8, 4) is 0 Å². The van der Waals surface area contributed by atoms with Gasteiger partial charge in [0.15, 0.2) is 0 Å². The maximum Gasteiger partial charge on any atom is 0.303 e. The molecule has 80 valence electrons. The summed E-state index contributed by atoms with van der Waals surface area (Å²) >= 11 is 9.21. The normalized spacial score (nSPS) is 18.7. The zero-order chi connectivity index (χ0) is 11.0. The quantitative estimate of drug-likeness (QED) is 0.589. The Morgan fingerprint density at radius 1 is 1.73 bits per heavy atom. The standard InChI is InChI=1S/C10H9BrClNO2/c1-5(14)15-8-3-2-6-4-7(11)10(12)13-9(6)8/h4,8H,2-3H2,1H3. The Balaban J connectivity index is 2.34. The third kappa shape index (κ3) is 2.16. The van der Waals surface area contributed by atoms with Crippen LogP contribution < -0.4 is 0 Å². The topological polar surface area (TPSA) is 39.2 Å². The van der Waals surface area contributed by atoms with E-state index in [1.54, 1.807) is 0 Å². The summed E-state index contributed by atoms with van der Waals surface area (Å²) < 4.78 is 5.94. The second-order valence-corrected chi connectivity index (χ2v) is 4.65. The molecule has 1 aliphatic rings. The molecule has 1 heterocycles. The second-order valence-electron chi connectivity index (χ2n) is 3.44. The summed E-state index contributed by atoms with van der Waals surface area (Å²) in [6.45, 7) is 1.40. The third-order valence-corrected chi connectivity index (χ3v) is 3.46. The molecule has 5 heteroatoms.